The van der Waals surface area contributed by atoms with Crippen molar-refractivity contribution in [2.24, 2.45) is 0 Å². The normalized spacial score (nSPS) is 15.6. The highest BCUT2D eigenvalue weighted by molar-refractivity contribution is 5.94. The van der Waals surface area contributed by atoms with Gasteiger partial charge < -0.3 is 19.8 Å². The summed E-state index contributed by atoms with van der Waals surface area (Å²) in [6.07, 6.45) is 1.88. The van der Waals surface area contributed by atoms with Gasteiger partial charge in [-0.25, -0.2) is 4.79 Å². The number of fused-ring (bicyclic) bond motifs is 3. The fraction of sp³-hybridized carbons (Fsp3) is 0.304. The Balaban J connectivity index is 1.40. The summed E-state index contributed by atoms with van der Waals surface area (Å²) < 4.78 is 9.76. The summed E-state index contributed by atoms with van der Waals surface area (Å²) in [6, 6.07) is 13.0. The van der Waals surface area contributed by atoms with Gasteiger partial charge in [-0.05, 0) is 68.7 Å². The lowest BCUT2D eigenvalue weighted by atomic mass is 9.91. The molecule has 1 atom stereocenters. The number of benzene rings is 2. The van der Waals surface area contributed by atoms with Crippen LogP contribution in [0.2, 0.25) is 0 Å². The fourth-order valence-electron chi connectivity index (χ4n) is 3.85. The molecule has 2 N–H and O–H groups in total. The molecule has 3 aromatic rings. The van der Waals surface area contributed by atoms with Gasteiger partial charge in [-0.2, -0.15) is 0 Å². The average Bonchev–Trinajstić information content (AvgIpc) is 3.05. The largest absolute Gasteiger partial charge is 0.513 e. The second-order valence-corrected chi connectivity index (χ2v) is 7.35. The van der Waals surface area contributed by atoms with Gasteiger partial charge in [-0.3, -0.25) is 4.79 Å². The van der Waals surface area contributed by atoms with Gasteiger partial charge in [0.05, 0.1) is 6.61 Å². The van der Waals surface area contributed by atoms with E-state index in [1.165, 1.54) is 22.2 Å². The van der Waals surface area contributed by atoms with Crippen LogP contribution in [0.25, 0.3) is 10.9 Å². The van der Waals surface area contributed by atoms with E-state index < -0.39 is 6.16 Å². The van der Waals surface area contributed by atoms with E-state index in [4.69, 9.17) is 9.47 Å². The predicted octanol–water partition coefficient (Wildman–Crippen LogP) is 4.30. The molecule has 4 rings (SSSR count). The third kappa shape index (κ3) is 4.11. The molecule has 29 heavy (non-hydrogen) atoms. The number of aromatic amines is 1. The molecule has 150 valence electrons. The summed E-state index contributed by atoms with van der Waals surface area (Å²) in [6.45, 7) is 4.06. The third-order valence-corrected chi connectivity index (χ3v) is 5.26. The van der Waals surface area contributed by atoms with Crippen LogP contribution in [0.15, 0.2) is 42.5 Å². The number of aromatic nitrogens is 1. The van der Waals surface area contributed by atoms with Crippen molar-refractivity contribution in [3.05, 3.63) is 64.8 Å². The van der Waals surface area contributed by atoms with Crippen LogP contribution in [-0.4, -0.2) is 29.7 Å². The van der Waals surface area contributed by atoms with Gasteiger partial charge in [0, 0.05) is 34.6 Å². The van der Waals surface area contributed by atoms with Crippen LogP contribution in [0.1, 0.15) is 40.5 Å². The number of nitrogens with one attached hydrogen (secondary N) is 2. The Kier molecular flexibility index (Phi) is 5.25. The van der Waals surface area contributed by atoms with E-state index in [1.54, 1.807) is 31.2 Å². The van der Waals surface area contributed by atoms with E-state index in [9.17, 15) is 9.59 Å². The highest BCUT2D eigenvalue weighted by Gasteiger charge is 2.24. The first-order chi connectivity index (χ1) is 14.0. The predicted molar refractivity (Wildman–Crippen MR) is 110 cm³/mol. The Hall–Kier alpha value is -3.28. The minimum absolute atomic E-state index is 0.0830. The van der Waals surface area contributed by atoms with Gasteiger partial charge >= 0.3 is 6.16 Å². The van der Waals surface area contributed by atoms with Crippen LogP contribution in [0.5, 0.6) is 5.75 Å². The van der Waals surface area contributed by atoms with Gasteiger partial charge in [-0.1, -0.05) is 11.6 Å². The minimum Gasteiger partial charge on any atom is -0.434 e. The van der Waals surface area contributed by atoms with Crippen molar-refractivity contribution in [3.63, 3.8) is 0 Å². The number of ether oxygens (including phenoxy) is 2. The Labute approximate surface area is 169 Å². The summed E-state index contributed by atoms with van der Waals surface area (Å²) in [5.74, 6) is 0.212. The van der Waals surface area contributed by atoms with Crippen LogP contribution >= 0.6 is 0 Å². The Bertz CT molecular complexity index is 1050. The van der Waals surface area contributed by atoms with Crippen LogP contribution in [0, 0.1) is 6.92 Å². The summed E-state index contributed by atoms with van der Waals surface area (Å²) in [5.41, 5.74) is 5.52. The maximum Gasteiger partial charge on any atom is 0.513 e. The van der Waals surface area contributed by atoms with Gasteiger partial charge in [0.1, 0.15) is 5.75 Å². The van der Waals surface area contributed by atoms with E-state index in [0.29, 0.717) is 11.3 Å². The lowest BCUT2D eigenvalue weighted by molar-refractivity contribution is 0.0933. The molecule has 0 radical (unpaired) electrons. The maximum atomic E-state index is 12.6. The van der Waals surface area contributed by atoms with E-state index in [0.717, 1.165) is 24.8 Å². The molecule has 6 heteroatoms. The van der Waals surface area contributed by atoms with Crippen molar-refractivity contribution < 1.29 is 19.1 Å². The third-order valence-electron chi connectivity index (χ3n) is 5.26. The van der Waals surface area contributed by atoms with Gasteiger partial charge in [0.25, 0.3) is 5.91 Å². The Morgan fingerprint density at radius 2 is 1.97 bits per heavy atom. The zero-order valence-electron chi connectivity index (χ0n) is 16.6. The number of carbonyl (C=O) groups excluding carboxylic acids is 2. The second kappa shape index (κ2) is 7.99. The number of amides is 1. The van der Waals surface area contributed by atoms with Crippen molar-refractivity contribution in [2.75, 3.05) is 6.61 Å². The first kappa shape index (κ1) is 19.1. The number of carbonyl (C=O) groups is 2. The van der Waals surface area contributed by atoms with Gasteiger partial charge in [-0.15, -0.1) is 0 Å². The van der Waals surface area contributed by atoms with Crippen LogP contribution in [-0.2, 0) is 17.6 Å². The Morgan fingerprint density at radius 1 is 1.17 bits per heavy atom. The molecule has 0 saturated heterocycles. The molecular formula is C23H24N2O4. The quantitative estimate of drug-likeness (QED) is 0.512. The van der Waals surface area contributed by atoms with Crippen molar-refractivity contribution in [2.45, 2.75) is 39.2 Å². The first-order valence-corrected chi connectivity index (χ1v) is 9.89. The monoisotopic (exact) mass is 392 g/mol. The van der Waals surface area contributed by atoms with Crippen molar-refractivity contribution in [1.82, 2.24) is 10.3 Å². The number of hydrogen-bond donors (Lipinski definition) is 2. The molecule has 0 spiro atoms. The highest BCUT2D eigenvalue weighted by atomic mass is 16.7. The first-order valence-electron chi connectivity index (χ1n) is 9.89. The van der Waals surface area contributed by atoms with E-state index in [2.05, 4.69) is 35.4 Å². The van der Waals surface area contributed by atoms with Crippen LogP contribution in [0.4, 0.5) is 4.79 Å². The molecule has 1 amide bonds. The van der Waals surface area contributed by atoms with Crippen molar-refractivity contribution >= 4 is 23.0 Å². The standard InChI is InChI=1S/C23H24N2O4/c1-3-28-23(27)29-17-8-5-15(6-9-17)22(26)24-16-7-10-18-19-12-14(2)4-11-20(19)25-21(18)13-16/h4-6,8-9,11-12,16,25H,3,7,10,13H2,1-2H3,(H,24,26). The molecular weight excluding hydrogens is 368 g/mol. The minimum atomic E-state index is -0.753. The molecule has 0 aliphatic heterocycles. The van der Waals surface area contributed by atoms with E-state index in [1.807, 2.05) is 0 Å². The SMILES string of the molecule is CCOC(=O)Oc1ccc(C(=O)NC2CCc3c([nH]c4ccc(C)cc34)C2)cc1. The summed E-state index contributed by atoms with van der Waals surface area (Å²) >= 11 is 0. The lowest BCUT2D eigenvalue weighted by Crippen LogP contribution is -2.38. The number of aryl methyl sites for hydroxylation is 2. The van der Waals surface area contributed by atoms with Crippen LogP contribution in [0.3, 0.4) is 0 Å². The number of rotatable bonds is 4. The summed E-state index contributed by atoms with van der Waals surface area (Å²) in [7, 11) is 0. The molecule has 0 bridgehead atoms. The molecule has 1 heterocycles. The highest BCUT2D eigenvalue weighted by Crippen LogP contribution is 2.30. The molecule has 0 fully saturated rings. The average molecular weight is 392 g/mol. The lowest BCUT2D eigenvalue weighted by Gasteiger charge is -2.23. The molecule has 1 aromatic heterocycles. The van der Waals surface area contributed by atoms with Crippen molar-refractivity contribution in [1.29, 1.82) is 0 Å². The van der Waals surface area contributed by atoms with Crippen molar-refractivity contribution in [3.8, 4) is 5.75 Å². The number of hydrogen-bond acceptors (Lipinski definition) is 4. The summed E-state index contributed by atoms with van der Waals surface area (Å²) in [4.78, 5) is 27.5. The molecule has 6 nitrogen and oxygen atoms in total. The smallest absolute Gasteiger partial charge is 0.434 e. The summed E-state index contributed by atoms with van der Waals surface area (Å²) in [5, 5.41) is 4.41. The van der Waals surface area contributed by atoms with Gasteiger partial charge in [0.15, 0.2) is 0 Å². The zero-order valence-corrected chi connectivity index (χ0v) is 16.6. The topological polar surface area (TPSA) is 80.4 Å². The maximum absolute atomic E-state index is 12.6. The van der Waals surface area contributed by atoms with Crippen LogP contribution < -0.4 is 10.1 Å². The van der Waals surface area contributed by atoms with E-state index in [-0.39, 0.29) is 18.6 Å². The molecule has 1 aliphatic rings. The zero-order chi connectivity index (χ0) is 20.4. The Morgan fingerprint density at radius 3 is 2.72 bits per heavy atom. The molecule has 2 aromatic carbocycles. The van der Waals surface area contributed by atoms with E-state index >= 15 is 0 Å². The second-order valence-electron chi connectivity index (χ2n) is 7.35. The fourth-order valence-corrected chi connectivity index (χ4v) is 3.85. The molecule has 0 saturated carbocycles. The number of H-pyrrole nitrogens is 1. The molecule has 1 unspecified atom stereocenters. The van der Waals surface area contributed by atoms with Gasteiger partial charge in [0.2, 0.25) is 0 Å². The molecule has 1 aliphatic carbocycles.